The van der Waals surface area contributed by atoms with Crippen LogP contribution in [0.5, 0.6) is 5.75 Å². The normalized spacial score (nSPS) is 24.1. The monoisotopic (exact) mass is 303 g/mol. The van der Waals surface area contributed by atoms with Gasteiger partial charge in [0.25, 0.3) is 0 Å². The van der Waals surface area contributed by atoms with Gasteiger partial charge in [0, 0.05) is 19.1 Å². The molecule has 120 valence electrons. The number of methoxy groups -OCH3 is 1. The van der Waals surface area contributed by atoms with Gasteiger partial charge < -0.3 is 20.5 Å². The number of nitrogens with zero attached hydrogens (tertiary/aromatic N) is 1. The summed E-state index contributed by atoms with van der Waals surface area (Å²) in [6, 6.07) is 8.22. The molecule has 5 heteroatoms. The molecule has 1 aromatic carbocycles. The third-order valence-electron chi connectivity index (χ3n) is 4.75. The van der Waals surface area contributed by atoms with E-state index in [-0.39, 0.29) is 11.6 Å². The Labute approximate surface area is 131 Å². The third-order valence-corrected chi connectivity index (χ3v) is 4.75. The summed E-state index contributed by atoms with van der Waals surface area (Å²) in [5.74, 6) is 2.02. The van der Waals surface area contributed by atoms with E-state index in [1.807, 2.05) is 18.2 Å². The molecule has 1 heterocycles. The van der Waals surface area contributed by atoms with E-state index in [0.717, 1.165) is 17.7 Å². The highest BCUT2D eigenvalue weighted by Gasteiger charge is 2.41. The molecule has 0 bridgehead atoms. The number of hydrogen-bond donors (Lipinski definition) is 2. The summed E-state index contributed by atoms with van der Waals surface area (Å²) >= 11 is 0. The number of guanidine groups is 1. The van der Waals surface area contributed by atoms with Crippen LogP contribution in [0.4, 0.5) is 0 Å². The SMILES string of the molecule is COC(C)(CN=C(N)NC1CCOc2ccccc21)C1CC1. The summed E-state index contributed by atoms with van der Waals surface area (Å²) in [5, 5.41) is 3.32. The third kappa shape index (κ3) is 3.19. The zero-order valence-corrected chi connectivity index (χ0v) is 13.3. The number of rotatable bonds is 5. The highest BCUT2D eigenvalue weighted by atomic mass is 16.5. The van der Waals surface area contributed by atoms with Crippen LogP contribution in [0.3, 0.4) is 0 Å². The molecule has 1 saturated carbocycles. The Morgan fingerprint density at radius 1 is 1.41 bits per heavy atom. The van der Waals surface area contributed by atoms with Crippen LogP contribution in [0.15, 0.2) is 29.3 Å². The van der Waals surface area contributed by atoms with Crippen molar-refractivity contribution in [1.82, 2.24) is 5.32 Å². The number of ether oxygens (including phenoxy) is 2. The maximum atomic E-state index is 6.09. The number of benzene rings is 1. The Morgan fingerprint density at radius 2 is 2.18 bits per heavy atom. The van der Waals surface area contributed by atoms with Crippen LogP contribution in [0, 0.1) is 5.92 Å². The van der Waals surface area contributed by atoms with E-state index in [9.17, 15) is 0 Å². The lowest BCUT2D eigenvalue weighted by Gasteiger charge is -2.28. The Kier molecular flexibility index (Phi) is 4.25. The number of fused-ring (bicyclic) bond motifs is 1. The second-order valence-electron chi connectivity index (χ2n) is 6.36. The van der Waals surface area contributed by atoms with Crippen molar-refractivity contribution < 1.29 is 9.47 Å². The second-order valence-corrected chi connectivity index (χ2v) is 6.36. The van der Waals surface area contributed by atoms with E-state index < -0.39 is 0 Å². The number of nitrogens with one attached hydrogen (secondary N) is 1. The molecular formula is C17H25N3O2. The number of para-hydroxylation sites is 1. The molecule has 1 aliphatic heterocycles. The first-order valence-corrected chi connectivity index (χ1v) is 7.96. The van der Waals surface area contributed by atoms with E-state index >= 15 is 0 Å². The van der Waals surface area contributed by atoms with E-state index in [4.69, 9.17) is 15.2 Å². The summed E-state index contributed by atoms with van der Waals surface area (Å²) < 4.78 is 11.3. The first-order valence-electron chi connectivity index (χ1n) is 7.96. The molecule has 1 aromatic rings. The van der Waals surface area contributed by atoms with Gasteiger partial charge in [-0.25, -0.2) is 0 Å². The van der Waals surface area contributed by atoms with Crippen LogP contribution in [0.2, 0.25) is 0 Å². The lowest BCUT2D eigenvalue weighted by Crippen LogP contribution is -2.40. The highest BCUT2D eigenvalue weighted by Crippen LogP contribution is 2.41. The van der Waals surface area contributed by atoms with Gasteiger partial charge in [0.15, 0.2) is 5.96 Å². The van der Waals surface area contributed by atoms with Crippen LogP contribution in [0.1, 0.15) is 37.8 Å². The number of nitrogens with two attached hydrogens (primary N) is 1. The highest BCUT2D eigenvalue weighted by molar-refractivity contribution is 5.78. The van der Waals surface area contributed by atoms with Gasteiger partial charge in [0.2, 0.25) is 0 Å². The molecule has 2 unspecified atom stereocenters. The Balaban J connectivity index is 1.64. The molecule has 2 aliphatic rings. The van der Waals surface area contributed by atoms with Crippen LogP contribution >= 0.6 is 0 Å². The molecule has 0 aromatic heterocycles. The molecule has 22 heavy (non-hydrogen) atoms. The van der Waals surface area contributed by atoms with Gasteiger partial charge in [0.1, 0.15) is 5.75 Å². The molecule has 5 nitrogen and oxygen atoms in total. The standard InChI is InChI=1S/C17H25N3O2/c1-17(21-2,12-7-8-12)11-19-16(18)20-14-9-10-22-15-6-4-3-5-13(14)15/h3-6,12,14H,7-11H2,1-2H3,(H3,18,19,20). The predicted octanol–water partition coefficient (Wildman–Crippen LogP) is 2.23. The summed E-state index contributed by atoms with van der Waals surface area (Å²) in [6.45, 7) is 3.41. The number of aliphatic imine (C=N–C) groups is 1. The molecule has 0 spiro atoms. The predicted molar refractivity (Wildman–Crippen MR) is 87.1 cm³/mol. The average molecular weight is 303 g/mol. The summed E-state index contributed by atoms with van der Waals surface area (Å²) in [7, 11) is 1.76. The van der Waals surface area contributed by atoms with E-state index in [0.29, 0.717) is 25.0 Å². The molecule has 0 radical (unpaired) electrons. The Bertz CT molecular complexity index is 557. The minimum atomic E-state index is -0.195. The lowest BCUT2D eigenvalue weighted by atomic mass is 10.0. The van der Waals surface area contributed by atoms with Crippen molar-refractivity contribution >= 4 is 5.96 Å². The number of hydrogen-bond acceptors (Lipinski definition) is 3. The topological polar surface area (TPSA) is 68.9 Å². The summed E-state index contributed by atoms with van der Waals surface area (Å²) in [5.41, 5.74) is 7.03. The van der Waals surface area contributed by atoms with Crippen molar-refractivity contribution in [2.45, 2.75) is 37.8 Å². The smallest absolute Gasteiger partial charge is 0.189 e. The molecule has 2 atom stereocenters. The first kappa shape index (κ1) is 15.2. The molecule has 0 amide bonds. The van der Waals surface area contributed by atoms with Crippen molar-refractivity contribution in [1.29, 1.82) is 0 Å². The van der Waals surface area contributed by atoms with Gasteiger partial charge >= 0.3 is 0 Å². The van der Waals surface area contributed by atoms with Crippen molar-refractivity contribution in [3.05, 3.63) is 29.8 Å². The van der Waals surface area contributed by atoms with Gasteiger partial charge in [-0.2, -0.15) is 0 Å². The minimum absolute atomic E-state index is 0.156. The first-order chi connectivity index (χ1) is 10.6. The maximum Gasteiger partial charge on any atom is 0.189 e. The lowest BCUT2D eigenvalue weighted by molar-refractivity contribution is -0.00475. The zero-order chi connectivity index (χ0) is 15.6. The fourth-order valence-corrected chi connectivity index (χ4v) is 3.01. The van der Waals surface area contributed by atoms with E-state index in [1.165, 1.54) is 12.8 Å². The van der Waals surface area contributed by atoms with Gasteiger partial charge in [-0.05, 0) is 31.7 Å². The molecule has 1 aliphatic carbocycles. The summed E-state index contributed by atoms with van der Waals surface area (Å²) in [4.78, 5) is 4.51. The molecule has 3 N–H and O–H groups in total. The maximum absolute atomic E-state index is 6.09. The van der Waals surface area contributed by atoms with Gasteiger partial charge in [-0.1, -0.05) is 18.2 Å². The molecule has 1 fully saturated rings. The van der Waals surface area contributed by atoms with E-state index in [2.05, 4.69) is 23.3 Å². The summed E-state index contributed by atoms with van der Waals surface area (Å²) in [6.07, 6.45) is 3.33. The Hall–Kier alpha value is -1.75. The largest absolute Gasteiger partial charge is 0.493 e. The van der Waals surface area contributed by atoms with Gasteiger partial charge in [-0.15, -0.1) is 0 Å². The van der Waals surface area contributed by atoms with Crippen LogP contribution in [0.25, 0.3) is 0 Å². The van der Waals surface area contributed by atoms with E-state index in [1.54, 1.807) is 7.11 Å². The van der Waals surface area contributed by atoms with Crippen molar-refractivity contribution in [2.24, 2.45) is 16.6 Å². The van der Waals surface area contributed by atoms with Crippen molar-refractivity contribution in [3.63, 3.8) is 0 Å². The van der Waals surface area contributed by atoms with Gasteiger partial charge in [-0.3, -0.25) is 4.99 Å². The van der Waals surface area contributed by atoms with Gasteiger partial charge in [0.05, 0.1) is 24.8 Å². The fraction of sp³-hybridized carbons (Fsp3) is 0.588. The van der Waals surface area contributed by atoms with Crippen LogP contribution in [-0.4, -0.2) is 31.8 Å². The van der Waals surface area contributed by atoms with Crippen molar-refractivity contribution in [2.75, 3.05) is 20.3 Å². The fourth-order valence-electron chi connectivity index (χ4n) is 3.01. The minimum Gasteiger partial charge on any atom is -0.493 e. The Morgan fingerprint density at radius 3 is 2.91 bits per heavy atom. The van der Waals surface area contributed by atoms with Crippen LogP contribution in [-0.2, 0) is 4.74 Å². The quantitative estimate of drug-likeness (QED) is 0.646. The zero-order valence-electron chi connectivity index (χ0n) is 13.3. The molecular weight excluding hydrogens is 278 g/mol. The second kappa shape index (κ2) is 6.16. The molecule has 0 saturated heterocycles. The molecule has 3 rings (SSSR count). The average Bonchev–Trinajstić information content (AvgIpc) is 3.38. The van der Waals surface area contributed by atoms with Crippen molar-refractivity contribution in [3.8, 4) is 5.75 Å². The van der Waals surface area contributed by atoms with Crippen LogP contribution < -0.4 is 15.8 Å².